The highest BCUT2D eigenvalue weighted by molar-refractivity contribution is 9.10. The van der Waals surface area contributed by atoms with Gasteiger partial charge >= 0.3 is 0 Å². The van der Waals surface area contributed by atoms with Crippen LogP contribution >= 0.6 is 15.9 Å². The van der Waals surface area contributed by atoms with E-state index in [1.54, 1.807) is 0 Å². The predicted octanol–water partition coefficient (Wildman–Crippen LogP) is 3.30. The molecule has 1 saturated heterocycles. The van der Waals surface area contributed by atoms with Crippen molar-refractivity contribution in [1.29, 1.82) is 0 Å². The lowest BCUT2D eigenvalue weighted by Gasteiger charge is -2.17. The molecule has 0 bridgehead atoms. The number of rotatable bonds is 2. The quantitative estimate of drug-likeness (QED) is 0.761. The zero-order valence-corrected chi connectivity index (χ0v) is 10.8. The number of benzene rings is 1. The Morgan fingerprint density at radius 1 is 1.56 bits per heavy atom. The van der Waals surface area contributed by atoms with Crippen molar-refractivity contribution in [2.75, 3.05) is 11.4 Å². The number of halogens is 1. The third kappa shape index (κ3) is 2.05. The lowest BCUT2D eigenvalue weighted by Crippen LogP contribution is -2.24. The normalized spacial score (nSPS) is 20.2. The number of aryl methyl sites for hydroxylation is 1. The molecule has 1 unspecified atom stereocenters. The van der Waals surface area contributed by atoms with Gasteiger partial charge in [-0.15, -0.1) is 6.58 Å². The predicted molar refractivity (Wildman–Crippen MR) is 69.5 cm³/mol. The van der Waals surface area contributed by atoms with Crippen LogP contribution in [0.25, 0.3) is 0 Å². The first kappa shape index (κ1) is 11.4. The maximum atomic E-state index is 11.8. The van der Waals surface area contributed by atoms with E-state index in [1.165, 1.54) is 5.56 Å². The summed E-state index contributed by atoms with van der Waals surface area (Å²) in [6, 6.07) is 6.01. The van der Waals surface area contributed by atoms with Gasteiger partial charge in [0, 0.05) is 29.0 Å². The third-order valence-corrected chi connectivity index (χ3v) is 3.81. The van der Waals surface area contributed by atoms with Crippen LogP contribution in [0.1, 0.15) is 12.0 Å². The Bertz CT molecular complexity index is 442. The molecule has 0 N–H and O–H groups in total. The summed E-state index contributed by atoms with van der Waals surface area (Å²) in [4.78, 5) is 13.6. The molecule has 0 aliphatic carbocycles. The van der Waals surface area contributed by atoms with Crippen LogP contribution < -0.4 is 4.90 Å². The van der Waals surface area contributed by atoms with Crippen LogP contribution in [0.5, 0.6) is 0 Å². The third-order valence-electron chi connectivity index (χ3n) is 2.96. The van der Waals surface area contributed by atoms with Crippen molar-refractivity contribution in [3.05, 3.63) is 40.9 Å². The van der Waals surface area contributed by atoms with E-state index in [4.69, 9.17) is 0 Å². The van der Waals surface area contributed by atoms with Crippen molar-refractivity contribution in [1.82, 2.24) is 0 Å². The molecule has 84 valence electrons. The summed E-state index contributed by atoms with van der Waals surface area (Å²) in [5.41, 5.74) is 2.14. The second-order valence-electron chi connectivity index (χ2n) is 4.14. The van der Waals surface area contributed by atoms with Gasteiger partial charge in [0.15, 0.2) is 0 Å². The van der Waals surface area contributed by atoms with Gasteiger partial charge in [-0.1, -0.05) is 28.1 Å². The van der Waals surface area contributed by atoms with E-state index < -0.39 is 0 Å². The van der Waals surface area contributed by atoms with E-state index in [1.807, 2.05) is 36.1 Å². The minimum absolute atomic E-state index is 0.181. The average molecular weight is 280 g/mol. The van der Waals surface area contributed by atoms with Crippen LogP contribution in [0.3, 0.4) is 0 Å². The largest absolute Gasteiger partial charge is 0.312 e. The first-order valence-corrected chi connectivity index (χ1v) is 6.10. The first-order valence-electron chi connectivity index (χ1n) is 5.31. The van der Waals surface area contributed by atoms with Gasteiger partial charge in [0.1, 0.15) is 0 Å². The highest BCUT2D eigenvalue weighted by Crippen LogP contribution is 2.29. The van der Waals surface area contributed by atoms with E-state index in [9.17, 15) is 4.79 Å². The fraction of sp³-hybridized carbons (Fsp3) is 0.308. The fourth-order valence-electron chi connectivity index (χ4n) is 1.89. The Labute approximate surface area is 104 Å². The molecular formula is C13H14BrNO. The fourth-order valence-corrected chi connectivity index (χ4v) is 2.26. The monoisotopic (exact) mass is 279 g/mol. The van der Waals surface area contributed by atoms with Gasteiger partial charge in [0.25, 0.3) is 0 Å². The zero-order chi connectivity index (χ0) is 11.7. The van der Waals surface area contributed by atoms with Gasteiger partial charge in [-0.05, 0) is 24.6 Å². The molecule has 1 aliphatic rings. The van der Waals surface area contributed by atoms with Gasteiger partial charge in [-0.25, -0.2) is 0 Å². The summed E-state index contributed by atoms with van der Waals surface area (Å²) in [6.07, 6.45) is 2.44. The molecule has 16 heavy (non-hydrogen) atoms. The summed E-state index contributed by atoms with van der Waals surface area (Å²) in [7, 11) is 0. The summed E-state index contributed by atoms with van der Waals surface area (Å²) in [6.45, 7) is 6.53. The van der Waals surface area contributed by atoms with Gasteiger partial charge < -0.3 is 4.90 Å². The lowest BCUT2D eigenvalue weighted by atomic mass is 10.1. The van der Waals surface area contributed by atoms with E-state index in [0.29, 0.717) is 6.42 Å². The van der Waals surface area contributed by atoms with E-state index in [-0.39, 0.29) is 11.8 Å². The van der Waals surface area contributed by atoms with Crippen molar-refractivity contribution in [2.45, 2.75) is 13.3 Å². The molecule has 0 saturated carbocycles. The smallest absolute Gasteiger partial charge is 0.227 e. The summed E-state index contributed by atoms with van der Waals surface area (Å²) < 4.78 is 1.04. The topological polar surface area (TPSA) is 20.3 Å². The van der Waals surface area contributed by atoms with Crippen LogP contribution in [0.15, 0.2) is 35.3 Å². The number of carbonyl (C=O) groups is 1. The SMILES string of the molecule is C=CC1CC(=O)N(c2ccc(C)c(Br)c2)C1. The number of hydrogen-bond donors (Lipinski definition) is 0. The molecule has 3 heteroatoms. The molecule has 1 atom stereocenters. The summed E-state index contributed by atoms with van der Waals surface area (Å²) in [5.74, 6) is 0.466. The Hall–Kier alpha value is -1.09. The molecule has 0 spiro atoms. The summed E-state index contributed by atoms with van der Waals surface area (Å²) >= 11 is 3.49. The minimum atomic E-state index is 0.181. The van der Waals surface area contributed by atoms with Crippen molar-refractivity contribution in [3.63, 3.8) is 0 Å². The maximum absolute atomic E-state index is 11.8. The number of carbonyl (C=O) groups excluding carboxylic acids is 1. The van der Waals surface area contributed by atoms with Crippen LogP contribution in [-0.4, -0.2) is 12.5 Å². The highest BCUT2D eigenvalue weighted by Gasteiger charge is 2.28. The summed E-state index contributed by atoms with van der Waals surface area (Å²) in [5, 5.41) is 0. The Kier molecular flexibility index (Phi) is 3.15. The van der Waals surface area contributed by atoms with Gasteiger partial charge in [0.2, 0.25) is 5.91 Å². The lowest BCUT2D eigenvalue weighted by molar-refractivity contribution is -0.117. The Morgan fingerprint density at radius 2 is 2.31 bits per heavy atom. The van der Waals surface area contributed by atoms with Gasteiger partial charge in [-0.3, -0.25) is 4.79 Å². The van der Waals surface area contributed by atoms with Crippen molar-refractivity contribution < 1.29 is 4.79 Å². The van der Waals surface area contributed by atoms with Gasteiger partial charge in [-0.2, -0.15) is 0 Å². The number of amides is 1. The highest BCUT2D eigenvalue weighted by atomic mass is 79.9. The molecule has 1 aromatic carbocycles. The molecular weight excluding hydrogens is 266 g/mol. The zero-order valence-electron chi connectivity index (χ0n) is 9.24. The molecule has 1 amide bonds. The van der Waals surface area contributed by atoms with Crippen molar-refractivity contribution >= 4 is 27.5 Å². The van der Waals surface area contributed by atoms with Gasteiger partial charge in [0.05, 0.1) is 0 Å². The molecule has 1 heterocycles. The van der Waals surface area contributed by atoms with E-state index in [0.717, 1.165) is 16.7 Å². The molecule has 1 fully saturated rings. The second kappa shape index (κ2) is 4.42. The average Bonchev–Trinajstić information content (AvgIpc) is 2.64. The van der Waals surface area contributed by atoms with Crippen molar-refractivity contribution in [3.8, 4) is 0 Å². The molecule has 1 aromatic rings. The van der Waals surface area contributed by atoms with E-state index in [2.05, 4.69) is 22.5 Å². The van der Waals surface area contributed by atoms with Crippen LogP contribution in [0.2, 0.25) is 0 Å². The standard InChI is InChI=1S/C13H14BrNO/c1-3-10-6-13(16)15(8-10)11-5-4-9(2)12(14)7-11/h3-5,7,10H,1,6,8H2,2H3. The molecule has 2 rings (SSSR count). The van der Waals surface area contributed by atoms with Crippen molar-refractivity contribution in [2.24, 2.45) is 5.92 Å². The second-order valence-corrected chi connectivity index (χ2v) is 4.99. The Balaban J connectivity index is 2.27. The molecule has 0 radical (unpaired) electrons. The maximum Gasteiger partial charge on any atom is 0.227 e. The van der Waals surface area contributed by atoms with Crippen LogP contribution in [-0.2, 0) is 4.79 Å². The number of anilines is 1. The molecule has 2 nitrogen and oxygen atoms in total. The molecule has 0 aromatic heterocycles. The van der Waals surface area contributed by atoms with Crippen LogP contribution in [0, 0.1) is 12.8 Å². The Morgan fingerprint density at radius 3 is 2.88 bits per heavy atom. The minimum Gasteiger partial charge on any atom is -0.312 e. The molecule has 1 aliphatic heterocycles. The number of nitrogens with zero attached hydrogens (tertiary/aromatic N) is 1. The van der Waals surface area contributed by atoms with Crippen LogP contribution in [0.4, 0.5) is 5.69 Å². The first-order chi connectivity index (χ1) is 7.61. The number of hydrogen-bond acceptors (Lipinski definition) is 1. The van der Waals surface area contributed by atoms with E-state index >= 15 is 0 Å².